The molecule has 10 heteroatoms. The summed E-state index contributed by atoms with van der Waals surface area (Å²) in [5, 5.41) is 12.3. The largest absolute Gasteiger partial charge is 0.497 e. The number of benzene rings is 2. The molecule has 8 nitrogen and oxygen atoms in total. The van der Waals surface area contributed by atoms with Gasteiger partial charge in [-0.3, -0.25) is 14.2 Å². The average molecular weight is 486 g/mol. The molecule has 0 bridgehead atoms. The number of nitrogens with zero attached hydrogens (tertiary/aromatic N) is 4. The van der Waals surface area contributed by atoms with Crippen molar-refractivity contribution in [2.24, 2.45) is 0 Å². The van der Waals surface area contributed by atoms with Crippen molar-refractivity contribution >= 4 is 40.9 Å². The van der Waals surface area contributed by atoms with Crippen LogP contribution in [0.2, 0.25) is 5.02 Å². The number of hydrogen-bond donors (Lipinski definition) is 1. The fraction of sp³-hybridized carbons (Fsp3) is 0.217. The lowest BCUT2D eigenvalue weighted by molar-refractivity contribution is -0.131. The van der Waals surface area contributed by atoms with Gasteiger partial charge in [0.2, 0.25) is 11.8 Å². The maximum absolute atomic E-state index is 12.6. The molecule has 0 aliphatic rings. The second-order valence-corrected chi connectivity index (χ2v) is 8.35. The zero-order valence-electron chi connectivity index (χ0n) is 18.3. The Balaban J connectivity index is 1.61. The van der Waals surface area contributed by atoms with Crippen LogP contribution in [0.25, 0.3) is 11.4 Å². The van der Waals surface area contributed by atoms with Crippen LogP contribution < -0.4 is 10.1 Å². The lowest BCUT2D eigenvalue weighted by atomic mass is 10.2. The summed E-state index contributed by atoms with van der Waals surface area (Å²) in [5.41, 5.74) is 1.37. The van der Waals surface area contributed by atoms with Crippen molar-refractivity contribution in [3.8, 4) is 17.1 Å². The summed E-state index contributed by atoms with van der Waals surface area (Å²) in [4.78, 5) is 26.2. The van der Waals surface area contributed by atoms with Crippen molar-refractivity contribution in [2.45, 2.75) is 11.7 Å². The van der Waals surface area contributed by atoms with E-state index in [1.807, 2.05) is 28.8 Å². The predicted molar refractivity (Wildman–Crippen MR) is 131 cm³/mol. The maximum atomic E-state index is 12.6. The number of methoxy groups -OCH3 is 1. The van der Waals surface area contributed by atoms with Gasteiger partial charge in [-0.25, -0.2) is 0 Å². The molecule has 172 valence electrons. The third kappa shape index (κ3) is 6.36. The van der Waals surface area contributed by atoms with Gasteiger partial charge in [-0.05, 0) is 36.4 Å². The Morgan fingerprint density at radius 1 is 1.21 bits per heavy atom. The van der Waals surface area contributed by atoms with Crippen molar-refractivity contribution in [2.75, 3.05) is 31.8 Å². The normalized spacial score (nSPS) is 10.5. The van der Waals surface area contributed by atoms with Gasteiger partial charge in [-0.2, -0.15) is 0 Å². The monoisotopic (exact) mass is 485 g/mol. The molecule has 1 N–H and O–H groups in total. The number of carbonyl (C=O) groups excluding carboxylic acids is 2. The number of likely N-dealkylation sites (N-methyl/N-ethyl adjacent to an activating group) is 1. The molecule has 0 radical (unpaired) electrons. The van der Waals surface area contributed by atoms with Crippen LogP contribution in [0.5, 0.6) is 5.75 Å². The summed E-state index contributed by atoms with van der Waals surface area (Å²) in [6.07, 6.45) is 1.74. The minimum Gasteiger partial charge on any atom is -0.497 e. The van der Waals surface area contributed by atoms with E-state index in [-0.39, 0.29) is 24.1 Å². The molecule has 0 spiro atoms. The molecular formula is C23H24ClN5O3S. The first-order valence-electron chi connectivity index (χ1n) is 10.0. The molecule has 0 atom stereocenters. The minimum absolute atomic E-state index is 0.0962. The zero-order chi connectivity index (χ0) is 23.8. The van der Waals surface area contributed by atoms with E-state index in [2.05, 4.69) is 22.1 Å². The average Bonchev–Trinajstić information content (AvgIpc) is 3.21. The van der Waals surface area contributed by atoms with Gasteiger partial charge in [-0.1, -0.05) is 41.6 Å². The number of amides is 2. The van der Waals surface area contributed by atoms with Crippen molar-refractivity contribution in [1.82, 2.24) is 19.7 Å². The van der Waals surface area contributed by atoms with Gasteiger partial charge in [0.15, 0.2) is 11.0 Å². The maximum Gasteiger partial charge on any atom is 0.244 e. The molecule has 33 heavy (non-hydrogen) atoms. The number of halogens is 1. The summed E-state index contributed by atoms with van der Waals surface area (Å²) in [7, 11) is 3.19. The summed E-state index contributed by atoms with van der Waals surface area (Å²) in [5.74, 6) is 0.970. The summed E-state index contributed by atoms with van der Waals surface area (Å²) >= 11 is 7.31. The minimum atomic E-state index is -0.333. The Labute approximate surface area is 201 Å². The third-order valence-electron chi connectivity index (χ3n) is 4.66. The van der Waals surface area contributed by atoms with Crippen LogP contribution in [0.4, 0.5) is 5.69 Å². The highest BCUT2D eigenvalue weighted by atomic mass is 35.5. The number of aromatic nitrogens is 3. The van der Waals surface area contributed by atoms with E-state index in [0.717, 1.165) is 11.3 Å². The highest BCUT2D eigenvalue weighted by molar-refractivity contribution is 7.99. The van der Waals surface area contributed by atoms with E-state index in [1.54, 1.807) is 44.5 Å². The van der Waals surface area contributed by atoms with Crippen LogP contribution in [0, 0.1) is 0 Å². The van der Waals surface area contributed by atoms with Crippen molar-refractivity contribution in [3.05, 3.63) is 66.2 Å². The molecule has 0 fully saturated rings. The van der Waals surface area contributed by atoms with Crippen LogP contribution in [0.1, 0.15) is 0 Å². The molecule has 3 aromatic rings. The topological polar surface area (TPSA) is 89.4 Å². The number of ether oxygens (including phenoxy) is 1. The van der Waals surface area contributed by atoms with Crippen LogP contribution in [-0.4, -0.2) is 57.9 Å². The number of para-hydroxylation sites is 1. The van der Waals surface area contributed by atoms with Crippen LogP contribution in [0.15, 0.2) is 66.3 Å². The Hall–Kier alpha value is -3.30. The molecular weight excluding hydrogens is 462 g/mol. The molecule has 2 amide bonds. The molecule has 1 heterocycles. The highest BCUT2D eigenvalue weighted by Gasteiger charge is 2.18. The second-order valence-electron chi connectivity index (χ2n) is 7.00. The van der Waals surface area contributed by atoms with E-state index >= 15 is 0 Å². The van der Waals surface area contributed by atoms with Gasteiger partial charge in [0, 0.05) is 19.2 Å². The SMILES string of the molecule is C=CCn1c(SCC(=O)N(C)CC(=O)Nc2ccccc2Cl)nnc1-c1ccc(OC)cc1. The van der Waals surface area contributed by atoms with Gasteiger partial charge in [-0.15, -0.1) is 16.8 Å². The van der Waals surface area contributed by atoms with E-state index in [1.165, 1.54) is 16.7 Å². The highest BCUT2D eigenvalue weighted by Crippen LogP contribution is 2.26. The first kappa shape index (κ1) is 24.3. The van der Waals surface area contributed by atoms with Crippen molar-refractivity contribution in [3.63, 3.8) is 0 Å². The van der Waals surface area contributed by atoms with Crippen LogP contribution in [0.3, 0.4) is 0 Å². The van der Waals surface area contributed by atoms with E-state index in [4.69, 9.17) is 16.3 Å². The van der Waals surface area contributed by atoms with Gasteiger partial charge in [0.1, 0.15) is 5.75 Å². The quantitative estimate of drug-likeness (QED) is 0.345. The van der Waals surface area contributed by atoms with E-state index in [9.17, 15) is 9.59 Å². The summed E-state index contributed by atoms with van der Waals surface area (Å²) < 4.78 is 7.09. The van der Waals surface area contributed by atoms with Crippen LogP contribution in [-0.2, 0) is 16.1 Å². The molecule has 0 saturated carbocycles. The molecule has 2 aromatic carbocycles. The number of thioether (sulfide) groups is 1. The molecule has 0 aliphatic carbocycles. The number of carbonyl (C=O) groups is 2. The standard InChI is InChI=1S/C23H24ClN5O3S/c1-4-13-29-22(16-9-11-17(32-3)12-10-16)26-27-23(29)33-15-21(31)28(2)14-20(30)25-19-8-6-5-7-18(19)24/h4-12H,1,13-15H2,2-3H3,(H,25,30). The second kappa shape index (κ2) is 11.5. The first-order valence-corrected chi connectivity index (χ1v) is 11.4. The predicted octanol–water partition coefficient (Wildman–Crippen LogP) is 3.98. The Bertz CT molecular complexity index is 1130. The molecule has 0 unspecified atom stereocenters. The Morgan fingerprint density at radius 3 is 2.61 bits per heavy atom. The fourth-order valence-electron chi connectivity index (χ4n) is 2.94. The van der Waals surface area contributed by atoms with E-state index < -0.39 is 0 Å². The number of hydrogen-bond acceptors (Lipinski definition) is 6. The van der Waals surface area contributed by atoms with Crippen molar-refractivity contribution < 1.29 is 14.3 Å². The number of nitrogens with one attached hydrogen (secondary N) is 1. The van der Waals surface area contributed by atoms with Crippen LogP contribution >= 0.6 is 23.4 Å². The number of rotatable bonds is 10. The van der Waals surface area contributed by atoms with Crippen molar-refractivity contribution in [1.29, 1.82) is 0 Å². The zero-order valence-corrected chi connectivity index (χ0v) is 19.9. The van der Waals surface area contributed by atoms with Gasteiger partial charge < -0.3 is 15.0 Å². The number of anilines is 1. The smallest absolute Gasteiger partial charge is 0.244 e. The lowest BCUT2D eigenvalue weighted by Gasteiger charge is -2.17. The Morgan fingerprint density at radius 2 is 1.94 bits per heavy atom. The van der Waals surface area contributed by atoms with Gasteiger partial charge in [0.05, 0.1) is 30.1 Å². The summed E-state index contributed by atoms with van der Waals surface area (Å²) in [6.45, 7) is 4.19. The fourth-order valence-corrected chi connectivity index (χ4v) is 4.01. The molecule has 0 saturated heterocycles. The van der Waals surface area contributed by atoms with Gasteiger partial charge >= 0.3 is 0 Å². The van der Waals surface area contributed by atoms with E-state index in [0.29, 0.717) is 28.2 Å². The Kier molecular flexibility index (Phi) is 8.51. The molecule has 3 rings (SSSR count). The number of allylic oxidation sites excluding steroid dienone is 1. The molecule has 1 aromatic heterocycles. The summed E-state index contributed by atoms with van der Waals surface area (Å²) in [6, 6.07) is 14.4. The van der Waals surface area contributed by atoms with Gasteiger partial charge in [0.25, 0.3) is 0 Å². The lowest BCUT2D eigenvalue weighted by Crippen LogP contribution is -2.36. The first-order chi connectivity index (χ1) is 15.9. The molecule has 0 aliphatic heterocycles. The third-order valence-corrected chi connectivity index (χ3v) is 5.94.